The van der Waals surface area contributed by atoms with E-state index >= 15 is 0 Å². The number of nitrogens with two attached hydrogens (primary N) is 1. The van der Waals surface area contributed by atoms with Crippen molar-refractivity contribution in [3.8, 4) is 0 Å². The molecular formula is C46H70N2. The molecule has 2 heteroatoms. The molecular weight excluding hydrogens is 581 g/mol. The molecule has 0 amide bonds. The largest absolute Gasteiger partial charge is 0.330 e. The van der Waals surface area contributed by atoms with Gasteiger partial charge in [-0.05, 0) is 234 Å². The van der Waals surface area contributed by atoms with Crippen LogP contribution in [0, 0.1) is 118 Å². The Labute approximate surface area is 294 Å². The van der Waals surface area contributed by atoms with Crippen LogP contribution in [0.3, 0.4) is 0 Å². The van der Waals surface area contributed by atoms with Gasteiger partial charge in [0.1, 0.15) is 0 Å². The fourth-order valence-electron chi connectivity index (χ4n) is 19.3. The summed E-state index contributed by atoms with van der Waals surface area (Å²) in [6, 6.07) is 0.664. The third-order valence-electron chi connectivity index (χ3n) is 19.9. The van der Waals surface area contributed by atoms with Gasteiger partial charge in [-0.1, -0.05) is 44.3 Å². The molecule has 0 aromatic carbocycles. The van der Waals surface area contributed by atoms with E-state index in [1.54, 1.807) is 89.9 Å². The first-order chi connectivity index (χ1) is 23.8. The second-order valence-corrected chi connectivity index (χ2v) is 20.8. The molecule has 2 N–H and O–H groups in total. The van der Waals surface area contributed by atoms with Crippen LogP contribution in [0.2, 0.25) is 0 Å². The molecule has 11 aliphatic rings. The molecule has 9 fully saturated rings. The number of unbranched alkanes of at least 4 members (excludes halogenated alkanes) is 2. The summed E-state index contributed by atoms with van der Waals surface area (Å²) in [6.45, 7) is 0.896. The second kappa shape index (κ2) is 12.2. The molecule has 1 aliphatic heterocycles. The van der Waals surface area contributed by atoms with Crippen molar-refractivity contribution >= 4 is 6.21 Å². The van der Waals surface area contributed by atoms with E-state index in [9.17, 15) is 0 Å². The summed E-state index contributed by atoms with van der Waals surface area (Å²) in [6.07, 6.45) is 39.8. The molecule has 21 atom stereocenters. The van der Waals surface area contributed by atoms with Crippen molar-refractivity contribution in [1.82, 2.24) is 0 Å². The summed E-state index contributed by atoms with van der Waals surface area (Å²) in [5.41, 5.74) is 6.13. The average molecular weight is 651 g/mol. The first-order valence-corrected chi connectivity index (χ1v) is 22.7. The standard InChI is InChI=1S/C46H70N2/c47-22-6-1-2-14-32-36-25-35-30-13-4-3-12-29(30)31-15-9-16-33(41(31)35)43(36)46(38-17-5-7-23-48-38)45-34-21-20-27-19-18-26-10-8-11-28-24-37(42(32)45)44(34)40(27)39(26)28/h8,11,23,26-46H,1-7,9-10,12-22,24-25,47H2. The van der Waals surface area contributed by atoms with Gasteiger partial charge in [0.15, 0.2) is 0 Å². The number of allylic oxidation sites excluding steroid dienone is 2. The minimum absolute atomic E-state index is 0.664. The zero-order valence-electron chi connectivity index (χ0n) is 30.4. The summed E-state index contributed by atoms with van der Waals surface area (Å²) < 4.78 is 0. The molecule has 2 nitrogen and oxygen atoms in total. The fraction of sp³-hybridized carbons (Fsp3) is 0.935. The van der Waals surface area contributed by atoms with Crippen molar-refractivity contribution in [1.29, 1.82) is 0 Å². The molecule has 0 bridgehead atoms. The maximum atomic E-state index is 6.13. The normalized spacial score (nSPS) is 58.4. The van der Waals surface area contributed by atoms with Crippen molar-refractivity contribution in [2.45, 2.75) is 141 Å². The Morgan fingerprint density at radius 1 is 0.521 bits per heavy atom. The van der Waals surface area contributed by atoms with Crippen molar-refractivity contribution in [3.63, 3.8) is 0 Å². The zero-order valence-corrected chi connectivity index (χ0v) is 30.4. The molecule has 21 unspecified atom stereocenters. The molecule has 0 spiro atoms. The zero-order chi connectivity index (χ0) is 31.5. The van der Waals surface area contributed by atoms with Crippen LogP contribution in [-0.2, 0) is 0 Å². The van der Waals surface area contributed by atoms with Crippen LogP contribution in [0.15, 0.2) is 17.1 Å². The van der Waals surface area contributed by atoms with Crippen LogP contribution < -0.4 is 5.73 Å². The van der Waals surface area contributed by atoms with Gasteiger partial charge in [-0.15, -0.1) is 0 Å². The third-order valence-corrected chi connectivity index (χ3v) is 19.9. The lowest BCUT2D eigenvalue weighted by Crippen LogP contribution is -2.58. The van der Waals surface area contributed by atoms with Crippen LogP contribution in [-0.4, -0.2) is 18.8 Å². The van der Waals surface area contributed by atoms with Gasteiger partial charge in [-0.3, -0.25) is 4.99 Å². The van der Waals surface area contributed by atoms with Gasteiger partial charge >= 0.3 is 0 Å². The molecule has 1 heterocycles. The first-order valence-electron chi connectivity index (χ1n) is 22.7. The van der Waals surface area contributed by atoms with Gasteiger partial charge in [0, 0.05) is 0 Å². The van der Waals surface area contributed by atoms with Gasteiger partial charge in [0.2, 0.25) is 0 Å². The highest BCUT2D eigenvalue weighted by Crippen LogP contribution is 2.76. The summed E-state index contributed by atoms with van der Waals surface area (Å²) in [4.78, 5) is 5.66. The number of hydrogen-bond donors (Lipinski definition) is 1. The van der Waals surface area contributed by atoms with Gasteiger partial charge < -0.3 is 5.73 Å². The monoisotopic (exact) mass is 651 g/mol. The highest BCUT2D eigenvalue weighted by atomic mass is 14.8. The SMILES string of the molecule is NCCCCCC1C2CC3C4CCCCC4C4CCCC(C43)C2C(C2CCCC=N2)C2C3CCC4CCC5CC=CC6CC(C3C4C65)C12. The summed E-state index contributed by atoms with van der Waals surface area (Å²) >= 11 is 0. The van der Waals surface area contributed by atoms with E-state index in [4.69, 9.17) is 10.7 Å². The minimum atomic E-state index is 0.664. The summed E-state index contributed by atoms with van der Waals surface area (Å²) in [7, 11) is 0. The lowest BCUT2D eigenvalue weighted by molar-refractivity contribution is -0.137. The van der Waals surface area contributed by atoms with Gasteiger partial charge in [0.25, 0.3) is 0 Å². The lowest BCUT2D eigenvalue weighted by atomic mass is 9.43. The van der Waals surface area contributed by atoms with Gasteiger partial charge in [-0.25, -0.2) is 0 Å². The predicted octanol–water partition coefficient (Wildman–Crippen LogP) is 10.6. The Bertz CT molecular complexity index is 1250. The molecule has 10 aliphatic carbocycles. The molecule has 0 radical (unpaired) electrons. The van der Waals surface area contributed by atoms with E-state index in [-0.39, 0.29) is 0 Å². The third kappa shape index (κ3) is 4.41. The average Bonchev–Trinajstić information content (AvgIpc) is 3.64. The maximum absolute atomic E-state index is 6.13. The first kappa shape index (κ1) is 30.9. The highest BCUT2D eigenvalue weighted by molar-refractivity contribution is 5.58. The van der Waals surface area contributed by atoms with E-state index in [2.05, 4.69) is 18.4 Å². The quantitative estimate of drug-likeness (QED) is 0.225. The van der Waals surface area contributed by atoms with Crippen LogP contribution in [0.1, 0.15) is 135 Å². The Morgan fingerprint density at radius 2 is 1.31 bits per heavy atom. The molecule has 0 saturated heterocycles. The number of hydrogen-bond acceptors (Lipinski definition) is 2. The Kier molecular flexibility index (Phi) is 7.88. The Balaban J connectivity index is 1.05. The summed E-state index contributed by atoms with van der Waals surface area (Å²) in [5, 5.41) is 0. The topological polar surface area (TPSA) is 38.4 Å². The van der Waals surface area contributed by atoms with Crippen LogP contribution in [0.25, 0.3) is 0 Å². The van der Waals surface area contributed by atoms with Crippen LogP contribution in [0.5, 0.6) is 0 Å². The van der Waals surface area contributed by atoms with Gasteiger partial charge in [0.05, 0.1) is 6.04 Å². The van der Waals surface area contributed by atoms with Crippen molar-refractivity contribution in [2.24, 2.45) is 129 Å². The van der Waals surface area contributed by atoms with E-state index in [0.717, 1.165) is 125 Å². The van der Waals surface area contributed by atoms with Crippen LogP contribution in [0.4, 0.5) is 0 Å². The molecule has 0 aromatic rings. The molecule has 48 heavy (non-hydrogen) atoms. The molecule has 0 aromatic heterocycles. The number of nitrogens with zero attached hydrogens (tertiary/aromatic N) is 1. The smallest absolute Gasteiger partial charge is 0.0529 e. The Morgan fingerprint density at radius 3 is 2.19 bits per heavy atom. The minimum Gasteiger partial charge on any atom is -0.330 e. The van der Waals surface area contributed by atoms with Crippen molar-refractivity contribution < 1.29 is 0 Å². The highest BCUT2D eigenvalue weighted by Gasteiger charge is 2.71. The van der Waals surface area contributed by atoms with Crippen molar-refractivity contribution in [2.75, 3.05) is 6.54 Å². The molecule has 264 valence electrons. The molecule has 9 saturated carbocycles. The number of rotatable bonds is 6. The van der Waals surface area contributed by atoms with E-state index < -0.39 is 0 Å². The fourth-order valence-corrected chi connectivity index (χ4v) is 19.3. The number of fused-ring (bicyclic) bond motifs is 8. The van der Waals surface area contributed by atoms with E-state index in [1.807, 2.05) is 0 Å². The van der Waals surface area contributed by atoms with E-state index in [1.165, 1.54) is 44.9 Å². The van der Waals surface area contributed by atoms with Crippen molar-refractivity contribution in [3.05, 3.63) is 12.2 Å². The summed E-state index contributed by atoms with van der Waals surface area (Å²) in [5.74, 6) is 20.9. The van der Waals surface area contributed by atoms with Gasteiger partial charge in [-0.2, -0.15) is 0 Å². The lowest BCUT2D eigenvalue weighted by Gasteiger charge is -2.62. The van der Waals surface area contributed by atoms with Crippen LogP contribution >= 0.6 is 0 Å². The Hall–Kier alpha value is -0.630. The second-order valence-electron chi connectivity index (χ2n) is 20.8. The maximum Gasteiger partial charge on any atom is 0.0529 e. The molecule has 11 rings (SSSR count). The number of aliphatic imine (C=N–C) groups is 1. The predicted molar refractivity (Wildman–Crippen MR) is 197 cm³/mol. The van der Waals surface area contributed by atoms with E-state index in [0.29, 0.717) is 6.04 Å².